The predicted octanol–water partition coefficient (Wildman–Crippen LogP) is 2.33. The van der Waals surface area contributed by atoms with Crippen molar-refractivity contribution in [3.05, 3.63) is 27.2 Å². The number of hydrogen-bond acceptors (Lipinski definition) is 4. The van der Waals surface area contributed by atoms with Crippen molar-refractivity contribution in [3.8, 4) is 0 Å². The van der Waals surface area contributed by atoms with Crippen LogP contribution in [-0.2, 0) is 25.4 Å². The average molecular weight is 418 g/mol. The number of nitrogens with one attached hydrogen (secondary N) is 1. The summed E-state index contributed by atoms with van der Waals surface area (Å²) in [5.74, 6) is 0.807. The molecule has 30 heavy (non-hydrogen) atoms. The minimum Gasteiger partial charge on any atom is -0.353 e. The number of nitrogens with zero attached hydrogens (tertiary/aromatic N) is 4. The highest BCUT2D eigenvalue weighted by Crippen LogP contribution is 2.40. The Hall–Kier alpha value is -2.38. The average Bonchev–Trinajstić information content (AvgIpc) is 3.15. The summed E-state index contributed by atoms with van der Waals surface area (Å²) in [5.41, 5.74) is 0.399. The van der Waals surface area contributed by atoms with Crippen molar-refractivity contribution in [2.45, 2.75) is 78.3 Å². The standard InChI is InChI=1S/C22H35N5O3/c1-6-22(2,3)15-9-11-16(12-10-15)24-17(28)8-7-13-27-14-23-19-18(27)20(29)26(5)21(30)25(19)4/h14-16H,6-13H2,1-5H3,(H,24,28). The van der Waals surface area contributed by atoms with Crippen LogP contribution in [0.2, 0.25) is 0 Å². The Labute approximate surface area is 177 Å². The highest BCUT2D eigenvalue weighted by Gasteiger charge is 2.32. The molecule has 8 heteroatoms. The van der Waals surface area contributed by atoms with Crippen molar-refractivity contribution < 1.29 is 4.79 Å². The zero-order chi connectivity index (χ0) is 22.1. The van der Waals surface area contributed by atoms with Gasteiger partial charge in [-0.15, -0.1) is 0 Å². The molecule has 2 heterocycles. The molecule has 0 spiro atoms. The first-order chi connectivity index (χ1) is 14.2. The maximum atomic E-state index is 12.5. The number of amides is 1. The Balaban J connectivity index is 1.53. The van der Waals surface area contributed by atoms with E-state index in [1.54, 1.807) is 17.9 Å². The second-order valence-electron chi connectivity index (χ2n) is 9.38. The van der Waals surface area contributed by atoms with Gasteiger partial charge >= 0.3 is 5.69 Å². The van der Waals surface area contributed by atoms with Crippen LogP contribution in [-0.4, -0.2) is 30.6 Å². The smallest absolute Gasteiger partial charge is 0.332 e. The lowest BCUT2D eigenvalue weighted by molar-refractivity contribution is -0.122. The van der Waals surface area contributed by atoms with Gasteiger partial charge in [-0.2, -0.15) is 0 Å². The van der Waals surface area contributed by atoms with Gasteiger partial charge in [-0.3, -0.25) is 18.7 Å². The van der Waals surface area contributed by atoms with Gasteiger partial charge in [-0.05, 0) is 43.4 Å². The van der Waals surface area contributed by atoms with Gasteiger partial charge in [0.2, 0.25) is 5.91 Å². The van der Waals surface area contributed by atoms with Crippen molar-refractivity contribution in [2.24, 2.45) is 25.4 Å². The largest absolute Gasteiger partial charge is 0.353 e. The fourth-order valence-corrected chi connectivity index (χ4v) is 4.58. The summed E-state index contributed by atoms with van der Waals surface area (Å²) in [6.45, 7) is 7.46. The highest BCUT2D eigenvalue weighted by atomic mass is 16.2. The monoisotopic (exact) mass is 417 g/mol. The second-order valence-corrected chi connectivity index (χ2v) is 9.38. The van der Waals surface area contributed by atoms with E-state index in [9.17, 15) is 14.4 Å². The maximum absolute atomic E-state index is 12.5. The van der Waals surface area contributed by atoms with Crippen LogP contribution in [0.15, 0.2) is 15.9 Å². The number of carbonyl (C=O) groups excluding carboxylic acids is 1. The summed E-state index contributed by atoms with van der Waals surface area (Å²) in [6.07, 6.45) is 8.23. The molecule has 2 aromatic heterocycles. The SMILES string of the molecule is CCC(C)(C)C1CCC(NC(=O)CCCn2cnc3c2c(=O)n(C)c(=O)n3C)CC1. The van der Waals surface area contributed by atoms with E-state index in [0.29, 0.717) is 36.0 Å². The summed E-state index contributed by atoms with van der Waals surface area (Å²) < 4.78 is 4.20. The van der Waals surface area contributed by atoms with Crippen molar-refractivity contribution in [3.63, 3.8) is 0 Å². The molecule has 0 aliphatic heterocycles. The number of aryl methyl sites for hydroxylation is 2. The Morgan fingerprint density at radius 1 is 1.17 bits per heavy atom. The van der Waals surface area contributed by atoms with Crippen molar-refractivity contribution in [2.75, 3.05) is 0 Å². The lowest BCUT2D eigenvalue weighted by Gasteiger charge is -2.39. The summed E-state index contributed by atoms with van der Waals surface area (Å²) in [5, 5.41) is 3.19. The van der Waals surface area contributed by atoms with Gasteiger partial charge in [0, 0.05) is 33.1 Å². The molecular weight excluding hydrogens is 382 g/mol. The zero-order valence-electron chi connectivity index (χ0n) is 18.9. The van der Waals surface area contributed by atoms with Gasteiger partial charge in [-0.25, -0.2) is 9.78 Å². The molecule has 0 atom stereocenters. The molecule has 0 bridgehead atoms. The van der Waals surface area contributed by atoms with Gasteiger partial charge in [0.05, 0.1) is 6.33 Å². The van der Waals surface area contributed by atoms with Gasteiger partial charge in [-0.1, -0.05) is 27.2 Å². The Bertz CT molecular complexity index is 1020. The summed E-state index contributed by atoms with van der Waals surface area (Å²) in [7, 11) is 3.07. The minimum atomic E-state index is -0.394. The van der Waals surface area contributed by atoms with Gasteiger partial charge in [0.1, 0.15) is 0 Å². The van der Waals surface area contributed by atoms with Gasteiger partial charge in [0.25, 0.3) is 5.56 Å². The van der Waals surface area contributed by atoms with Crippen LogP contribution in [0.25, 0.3) is 11.2 Å². The summed E-state index contributed by atoms with van der Waals surface area (Å²) >= 11 is 0. The van der Waals surface area contributed by atoms with E-state index in [4.69, 9.17) is 0 Å². The maximum Gasteiger partial charge on any atom is 0.332 e. The van der Waals surface area contributed by atoms with Crippen molar-refractivity contribution >= 4 is 17.1 Å². The van der Waals surface area contributed by atoms with Crippen LogP contribution in [0.5, 0.6) is 0 Å². The van der Waals surface area contributed by atoms with Crippen LogP contribution in [0.1, 0.15) is 65.7 Å². The first-order valence-electron chi connectivity index (χ1n) is 11.1. The highest BCUT2D eigenvalue weighted by molar-refractivity contribution is 5.76. The molecule has 0 unspecified atom stereocenters. The molecule has 0 radical (unpaired) electrons. The molecular formula is C22H35N5O3. The van der Waals surface area contributed by atoms with E-state index in [1.165, 1.54) is 30.9 Å². The van der Waals surface area contributed by atoms with Crippen LogP contribution < -0.4 is 16.6 Å². The first kappa shape index (κ1) is 22.3. The lowest BCUT2D eigenvalue weighted by atomic mass is 9.69. The molecule has 1 N–H and O–H groups in total. The first-order valence-corrected chi connectivity index (χ1v) is 11.1. The van der Waals surface area contributed by atoms with E-state index in [0.717, 1.165) is 23.3 Å². The quantitative estimate of drug-likeness (QED) is 0.748. The van der Waals surface area contributed by atoms with E-state index >= 15 is 0 Å². The van der Waals surface area contributed by atoms with Crippen molar-refractivity contribution in [1.82, 2.24) is 24.0 Å². The molecule has 1 amide bonds. The number of rotatable bonds is 7. The molecule has 0 saturated heterocycles. The summed E-state index contributed by atoms with van der Waals surface area (Å²) in [4.78, 5) is 41.1. The van der Waals surface area contributed by atoms with E-state index < -0.39 is 5.69 Å². The van der Waals surface area contributed by atoms with Crippen molar-refractivity contribution in [1.29, 1.82) is 0 Å². The fraction of sp³-hybridized carbons (Fsp3) is 0.727. The lowest BCUT2D eigenvalue weighted by Crippen LogP contribution is -2.39. The van der Waals surface area contributed by atoms with Crippen LogP contribution in [0, 0.1) is 11.3 Å². The normalized spacial score (nSPS) is 19.9. The number of carbonyl (C=O) groups is 1. The third-order valence-corrected chi connectivity index (χ3v) is 7.13. The minimum absolute atomic E-state index is 0.0675. The predicted molar refractivity (Wildman–Crippen MR) is 117 cm³/mol. The molecule has 0 aromatic carbocycles. The summed E-state index contributed by atoms with van der Waals surface area (Å²) in [6, 6.07) is 0.275. The number of fused-ring (bicyclic) bond motifs is 1. The third kappa shape index (κ3) is 4.37. The Morgan fingerprint density at radius 3 is 2.47 bits per heavy atom. The molecule has 8 nitrogen and oxygen atoms in total. The van der Waals surface area contributed by atoms with Crippen LogP contribution >= 0.6 is 0 Å². The molecule has 166 valence electrons. The second kappa shape index (κ2) is 8.78. The molecule has 2 aromatic rings. The molecule has 1 aliphatic carbocycles. The van der Waals surface area contributed by atoms with E-state index in [1.807, 2.05) is 0 Å². The van der Waals surface area contributed by atoms with Gasteiger partial charge < -0.3 is 9.88 Å². The number of aromatic nitrogens is 4. The molecule has 1 saturated carbocycles. The van der Waals surface area contributed by atoms with Crippen LogP contribution in [0.3, 0.4) is 0 Å². The van der Waals surface area contributed by atoms with E-state index in [-0.39, 0.29) is 17.5 Å². The Morgan fingerprint density at radius 2 is 1.83 bits per heavy atom. The molecule has 1 aliphatic rings. The van der Waals surface area contributed by atoms with Crippen LogP contribution in [0.4, 0.5) is 0 Å². The number of imidazole rings is 1. The topological polar surface area (TPSA) is 90.9 Å². The molecule has 1 fully saturated rings. The zero-order valence-corrected chi connectivity index (χ0v) is 18.9. The fourth-order valence-electron chi connectivity index (χ4n) is 4.58. The third-order valence-electron chi connectivity index (χ3n) is 7.13. The van der Waals surface area contributed by atoms with Gasteiger partial charge in [0.15, 0.2) is 11.2 Å². The Kier molecular flexibility index (Phi) is 6.53. The molecule has 3 rings (SSSR count). The number of hydrogen-bond donors (Lipinski definition) is 1. The van der Waals surface area contributed by atoms with E-state index in [2.05, 4.69) is 31.1 Å².